The van der Waals surface area contributed by atoms with E-state index in [1.54, 1.807) is 0 Å². The van der Waals surface area contributed by atoms with E-state index in [4.69, 9.17) is 14.2 Å². The first kappa shape index (κ1) is 58.4. The smallest absolute Gasteiger partial charge is 0.306 e. The van der Waals surface area contributed by atoms with Crippen molar-refractivity contribution in [1.82, 2.24) is 0 Å². The van der Waals surface area contributed by atoms with E-state index in [0.29, 0.717) is 19.3 Å². The molecule has 0 bridgehead atoms. The number of esters is 3. The molecule has 0 aliphatic heterocycles. The van der Waals surface area contributed by atoms with E-state index < -0.39 is 6.10 Å². The monoisotopic (exact) mass is 849 g/mol. The molecule has 6 nitrogen and oxygen atoms in total. The Balaban J connectivity index is 4.24. The van der Waals surface area contributed by atoms with Gasteiger partial charge in [-0.05, 0) is 25.2 Å². The predicted octanol–water partition coefficient (Wildman–Crippen LogP) is 17.5. The maximum absolute atomic E-state index is 12.8. The molecular formula is C54H104O6. The van der Waals surface area contributed by atoms with Crippen molar-refractivity contribution in [2.45, 2.75) is 310 Å². The zero-order valence-corrected chi connectivity index (χ0v) is 40.9. The summed E-state index contributed by atoms with van der Waals surface area (Å²) in [4.78, 5) is 37.9. The first-order chi connectivity index (χ1) is 29.4. The topological polar surface area (TPSA) is 78.9 Å². The van der Waals surface area contributed by atoms with Gasteiger partial charge in [0.1, 0.15) is 13.2 Å². The molecule has 2 atom stereocenters. The highest BCUT2D eigenvalue weighted by molar-refractivity contribution is 5.71. The molecule has 0 saturated heterocycles. The lowest BCUT2D eigenvalue weighted by atomic mass is 9.99. The zero-order valence-electron chi connectivity index (χ0n) is 40.9. The second-order valence-corrected chi connectivity index (χ2v) is 18.8. The van der Waals surface area contributed by atoms with Gasteiger partial charge in [0.2, 0.25) is 0 Å². The van der Waals surface area contributed by atoms with Gasteiger partial charge in [0.15, 0.2) is 6.10 Å². The van der Waals surface area contributed by atoms with Crippen LogP contribution in [0.3, 0.4) is 0 Å². The fourth-order valence-electron chi connectivity index (χ4n) is 8.19. The van der Waals surface area contributed by atoms with Gasteiger partial charge in [0, 0.05) is 19.3 Å². The molecular weight excluding hydrogens is 745 g/mol. The standard InChI is InChI=1S/C54H104O6/c1-5-8-10-12-14-16-18-19-20-21-22-23-24-25-27-29-34-38-42-46-53(56)59-49-51(48-58-52(55)45-41-37-33-28-26-17-15-13-11-9-6-2)60-54(57)47-43-39-35-31-30-32-36-40-44-50(4)7-3/h50-51H,5-49H2,1-4H3/t50?,51-/m0/s1. The Morgan fingerprint density at radius 2 is 0.583 bits per heavy atom. The number of hydrogen-bond acceptors (Lipinski definition) is 6. The average molecular weight is 849 g/mol. The highest BCUT2D eigenvalue weighted by Gasteiger charge is 2.19. The lowest BCUT2D eigenvalue weighted by Gasteiger charge is -2.18. The number of rotatable bonds is 49. The van der Waals surface area contributed by atoms with Crippen LogP contribution in [0.25, 0.3) is 0 Å². The minimum Gasteiger partial charge on any atom is -0.462 e. The van der Waals surface area contributed by atoms with Crippen LogP contribution in [0.4, 0.5) is 0 Å². The molecule has 0 amide bonds. The maximum atomic E-state index is 12.8. The van der Waals surface area contributed by atoms with Crippen LogP contribution in [0.5, 0.6) is 0 Å². The molecule has 356 valence electrons. The zero-order chi connectivity index (χ0) is 43.8. The van der Waals surface area contributed by atoms with Gasteiger partial charge in [-0.3, -0.25) is 14.4 Å². The Bertz CT molecular complexity index is 905. The van der Waals surface area contributed by atoms with Crippen molar-refractivity contribution in [2.24, 2.45) is 5.92 Å². The number of carbonyl (C=O) groups excluding carboxylic acids is 3. The summed E-state index contributed by atoms with van der Waals surface area (Å²) in [6.07, 6.45) is 50.9. The van der Waals surface area contributed by atoms with Gasteiger partial charge in [0.25, 0.3) is 0 Å². The SMILES string of the molecule is CCCCCCCCCCCCCCCCCCCCCC(=O)OC[C@H](COC(=O)CCCCCCCCCCCCC)OC(=O)CCCCCCCCCCC(C)CC. The van der Waals surface area contributed by atoms with Crippen molar-refractivity contribution >= 4 is 17.9 Å². The summed E-state index contributed by atoms with van der Waals surface area (Å²) in [5, 5.41) is 0. The van der Waals surface area contributed by atoms with E-state index >= 15 is 0 Å². The van der Waals surface area contributed by atoms with Crippen LogP contribution < -0.4 is 0 Å². The van der Waals surface area contributed by atoms with Crippen molar-refractivity contribution in [3.8, 4) is 0 Å². The molecule has 0 aromatic carbocycles. The summed E-state index contributed by atoms with van der Waals surface area (Å²) in [6.45, 7) is 9.03. The van der Waals surface area contributed by atoms with Crippen LogP contribution >= 0.6 is 0 Å². The third-order valence-corrected chi connectivity index (χ3v) is 12.7. The van der Waals surface area contributed by atoms with E-state index in [0.717, 1.165) is 63.7 Å². The summed E-state index contributed by atoms with van der Waals surface area (Å²) in [5.41, 5.74) is 0. The molecule has 1 unspecified atom stereocenters. The Labute approximate surface area is 374 Å². The maximum Gasteiger partial charge on any atom is 0.306 e. The van der Waals surface area contributed by atoms with E-state index in [1.807, 2.05) is 0 Å². The Morgan fingerprint density at radius 3 is 0.867 bits per heavy atom. The van der Waals surface area contributed by atoms with E-state index in [-0.39, 0.29) is 31.1 Å². The van der Waals surface area contributed by atoms with E-state index in [1.165, 1.54) is 199 Å². The van der Waals surface area contributed by atoms with E-state index in [9.17, 15) is 14.4 Å². The average Bonchev–Trinajstić information content (AvgIpc) is 3.25. The normalized spacial score (nSPS) is 12.4. The molecule has 0 heterocycles. The molecule has 0 aliphatic rings. The molecule has 0 N–H and O–H groups in total. The minimum absolute atomic E-state index is 0.0630. The number of hydrogen-bond donors (Lipinski definition) is 0. The lowest BCUT2D eigenvalue weighted by molar-refractivity contribution is -0.167. The summed E-state index contributed by atoms with van der Waals surface area (Å²) in [7, 11) is 0. The predicted molar refractivity (Wildman–Crippen MR) is 257 cm³/mol. The van der Waals surface area contributed by atoms with Gasteiger partial charge in [-0.1, -0.05) is 265 Å². The van der Waals surface area contributed by atoms with Gasteiger partial charge < -0.3 is 14.2 Å². The van der Waals surface area contributed by atoms with E-state index in [2.05, 4.69) is 27.7 Å². The van der Waals surface area contributed by atoms with Crippen molar-refractivity contribution in [1.29, 1.82) is 0 Å². The second-order valence-electron chi connectivity index (χ2n) is 18.8. The minimum atomic E-state index is -0.761. The highest BCUT2D eigenvalue weighted by Crippen LogP contribution is 2.18. The molecule has 0 radical (unpaired) electrons. The molecule has 6 heteroatoms. The summed E-state index contributed by atoms with van der Waals surface area (Å²) in [5.74, 6) is -0.000341. The van der Waals surface area contributed by atoms with Gasteiger partial charge in [-0.2, -0.15) is 0 Å². The van der Waals surface area contributed by atoms with Crippen molar-refractivity contribution in [2.75, 3.05) is 13.2 Å². The second kappa shape index (κ2) is 48.4. The summed E-state index contributed by atoms with van der Waals surface area (Å²) < 4.78 is 16.8. The van der Waals surface area contributed by atoms with Crippen LogP contribution in [-0.4, -0.2) is 37.2 Å². The van der Waals surface area contributed by atoms with Crippen molar-refractivity contribution in [3.05, 3.63) is 0 Å². The molecule has 0 aliphatic carbocycles. The van der Waals surface area contributed by atoms with Gasteiger partial charge in [0.05, 0.1) is 0 Å². The first-order valence-electron chi connectivity index (χ1n) is 26.9. The fourth-order valence-corrected chi connectivity index (χ4v) is 8.19. The quantitative estimate of drug-likeness (QED) is 0.0345. The van der Waals surface area contributed by atoms with Crippen LogP contribution in [0, 0.1) is 5.92 Å². The highest BCUT2D eigenvalue weighted by atomic mass is 16.6. The molecule has 0 spiro atoms. The number of ether oxygens (including phenoxy) is 3. The largest absolute Gasteiger partial charge is 0.462 e. The van der Waals surface area contributed by atoms with Gasteiger partial charge >= 0.3 is 17.9 Å². The summed E-state index contributed by atoms with van der Waals surface area (Å²) in [6, 6.07) is 0. The number of unbranched alkanes of at least 4 members (excludes halogenated alkanes) is 35. The Hall–Kier alpha value is -1.59. The first-order valence-corrected chi connectivity index (χ1v) is 26.9. The van der Waals surface area contributed by atoms with Crippen LogP contribution in [0.15, 0.2) is 0 Å². The third kappa shape index (κ3) is 45.9. The van der Waals surface area contributed by atoms with Crippen molar-refractivity contribution in [3.63, 3.8) is 0 Å². The molecule has 0 aromatic heterocycles. The molecule has 0 saturated carbocycles. The van der Waals surface area contributed by atoms with Gasteiger partial charge in [-0.25, -0.2) is 0 Å². The van der Waals surface area contributed by atoms with Crippen LogP contribution in [-0.2, 0) is 28.6 Å². The van der Waals surface area contributed by atoms with Crippen molar-refractivity contribution < 1.29 is 28.6 Å². The molecule has 0 aromatic rings. The van der Waals surface area contributed by atoms with Crippen LogP contribution in [0.2, 0.25) is 0 Å². The lowest BCUT2D eigenvalue weighted by Crippen LogP contribution is -2.30. The fraction of sp³-hybridized carbons (Fsp3) is 0.944. The number of carbonyl (C=O) groups is 3. The Morgan fingerprint density at radius 1 is 0.333 bits per heavy atom. The molecule has 0 fully saturated rings. The Kier molecular flexibility index (Phi) is 47.2. The summed E-state index contributed by atoms with van der Waals surface area (Å²) >= 11 is 0. The third-order valence-electron chi connectivity index (χ3n) is 12.7. The van der Waals surface area contributed by atoms with Gasteiger partial charge in [-0.15, -0.1) is 0 Å². The molecule has 60 heavy (non-hydrogen) atoms. The molecule has 0 rings (SSSR count). The van der Waals surface area contributed by atoms with Crippen LogP contribution in [0.1, 0.15) is 304 Å².